The summed E-state index contributed by atoms with van der Waals surface area (Å²) in [5.41, 5.74) is 0. The zero-order chi connectivity index (χ0) is 11.5. The average molecular weight is 234 g/mol. The van der Waals surface area contributed by atoms with Gasteiger partial charge < -0.3 is 0 Å². The summed E-state index contributed by atoms with van der Waals surface area (Å²) in [6, 6.07) is 0. The van der Waals surface area contributed by atoms with Gasteiger partial charge in [0.2, 0.25) is 0 Å². The van der Waals surface area contributed by atoms with Crippen LogP contribution in [0.4, 0.5) is 0 Å². The van der Waals surface area contributed by atoms with Crippen molar-refractivity contribution in [3.63, 3.8) is 0 Å². The summed E-state index contributed by atoms with van der Waals surface area (Å²) in [5.74, 6) is 0.660. The minimum atomic E-state index is -3.18. The summed E-state index contributed by atoms with van der Waals surface area (Å²) in [6.07, 6.45) is 1.97. The third-order valence-electron chi connectivity index (χ3n) is 3.10. The fourth-order valence-electron chi connectivity index (χ4n) is 1.93. The molecule has 0 amide bonds. The van der Waals surface area contributed by atoms with Crippen molar-refractivity contribution < 1.29 is 8.42 Å². The molecule has 1 heterocycles. The molecule has 4 nitrogen and oxygen atoms in total. The molecule has 1 aliphatic heterocycles. The molecule has 0 N–H and O–H groups in total. The highest BCUT2D eigenvalue weighted by Gasteiger charge is 2.30. The van der Waals surface area contributed by atoms with Crippen molar-refractivity contribution >= 4 is 10.2 Å². The molecule has 1 rings (SSSR count). The van der Waals surface area contributed by atoms with Crippen LogP contribution in [0.1, 0.15) is 33.6 Å². The molecule has 0 saturated carbocycles. The predicted molar refractivity (Wildman–Crippen MR) is 61.8 cm³/mol. The van der Waals surface area contributed by atoms with Crippen molar-refractivity contribution in [3.05, 3.63) is 0 Å². The highest BCUT2D eigenvalue weighted by Crippen LogP contribution is 2.20. The van der Waals surface area contributed by atoms with E-state index in [0.29, 0.717) is 32.1 Å². The van der Waals surface area contributed by atoms with Crippen molar-refractivity contribution in [2.75, 3.05) is 26.2 Å². The Morgan fingerprint density at radius 3 is 2.07 bits per heavy atom. The van der Waals surface area contributed by atoms with Crippen molar-refractivity contribution in [3.8, 4) is 0 Å². The van der Waals surface area contributed by atoms with E-state index in [0.717, 1.165) is 12.8 Å². The van der Waals surface area contributed by atoms with Gasteiger partial charge >= 0.3 is 0 Å². The molecule has 1 fully saturated rings. The van der Waals surface area contributed by atoms with Crippen molar-refractivity contribution in [1.82, 2.24) is 8.61 Å². The largest absolute Gasteiger partial charge is 0.281 e. The molecule has 5 heteroatoms. The van der Waals surface area contributed by atoms with Crippen molar-refractivity contribution in [2.45, 2.75) is 33.6 Å². The molecule has 15 heavy (non-hydrogen) atoms. The molecule has 0 aromatic carbocycles. The second-order valence-corrected chi connectivity index (χ2v) is 6.10. The number of nitrogens with zero attached hydrogens (tertiary/aromatic N) is 2. The van der Waals surface area contributed by atoms with Crippen LogP contribution in [0.5, 0.6) is 0 Å². The van der Waals surface area contributed by atoms with Gasteiger partial charge in [0, 0.05) is 26.2 Å². The lowest BCUT2D eigenvalue weighted by atomic mass is 10.0. The quantitative estimate of drug-likeness (QED) is 0.736. The maximum absolute atomic E-state index is 12.1. The molecule has 0 unspecified atom stereocenters. The Morgan fingerprint density at radius 1 is 1.20 bits per heavy atom. The molecule has 0 aliphatic carbocycles. The lowest BCUT2D eigenvalue weighted by molar-refractivity contribution is 0.267. The van der Waals surface area contributed by atoms with E-state index in [1.807, 2.05) is 13.8 Å². The van der Waals surface area contributed by atoms with Crippen LogP contribution in [0.15, 0.2) is 0 Å². The first-order valence-electron chi connectivity index (χ1n) is 5.77. The summed E-state index contributed by atoms with van der Waals surface area (Å²) in [4.78, 5) is 0. The fourth-order valence-corrected chi connectivity index (χ4v) is 3.58. The molecule has 0 spiro atoms. The van der Waals surface area contributed by atoms with Crippen LogP contribution in [0.2, 0.25) is 0 Å². The van der Waals surface area contributed by atoms with Gasteiger partial charge in [-0.1, -0.05) is 20.8 Å². The predicted octanol–water partition coefficient (Wildman–Crippen LogP) is 1.30. The van der Waals surface area contributed by atoms with Crippen LogP contribution < -0.4 is 0 Å². The lowest BCUT2D eigenvalue weighted by Crippen LogP contribution is -2.46. The average Bonchev–Trinajstić information content (AvgIpc) is 2.19. The minimum Gasteiger partial charge on any atom is -0.195 e. The Bertz CT molecular complexity index is 278. The van der Waals surface area contributed by atoms with E-state index in [9.17, 15) is 8.42 Å². The molecule has 90 valence electrons. The summed E-state index contributed by atoms with van der Waals surface area (Å²) in [6.45, 7) is 8.43. The van der Waals surface area contributed by atoms with Gasteiger partial charge in [-0.3, -0.25) is 0 Å². The number of rotatable bonds is 4. The highest BCUT2D eigenvalue weighted by atomic mass is 32.2. The zero-order valence-electron chi connectivity index (χ0n) is 9.94. The van der Waals surface area contributed by atoms with E-state index in [-0.39, 0.29) is 0 Å². The zero-order valence-corrected chi connectivity index (χ0v) is 10.8. The summed E-state index contributed by atoms with van der Waals surface area (Å²) >= 11 is 0. The second kappa shape index (κ2) is 5.27. The number of hydrogen-bond acceptors (Lipinski definition) is 2. The van der Waals surface area contributed by atoms with Crippen LogP contribution in [0.3, 0.4) is 0 Å². The monoisotopic (exact) mass is 234 g/mol. The maximum atomic E-state index is 12.1. The molecule has 0 bridgehead atoms. The second-order valence-electron chi connectivity index (χ2n) is 4.17. The first-order valence-corrected chi connectivity index (χ1v) is 7.17. The van der Waals surface area contributed by atoms with Crippen LogP contribution in [0, 0.1) is 5.92 Å². The Balaban J connectivity index is 2.69. The van der Waals surface area contributed by atoms with Gasteiger partial charge in [-0.2, -0.15) is 17.0 Å². The van der Waals surface area contributed by atoms with Gasteiger partial charge in [0.15, 0.2) is 0 Å². The Labute approximate surface area is 93.4 Å². The van der Waals surface area contributed by atoms with Gasteiger partial charge in [0.25, 0.3) is 10.2 Å². The van der Waals surface area contributed by atoms with Crippen molar-refractivity contribution in [2.24, 2.45) is 5.92 Å². The van der Waals surface area contributed by atoms with E-state index < -0.39 is 10.2 Å². The van der Waals surface area contributed by atoms with Crippen LogP contribution in [0.25, 0.3) is 0 Å². The molecular weight excluding hydrogens is 212 g/mol. The van der Waals surface area contributed by atoms with Gasteiger partial charge in [-0.05, 0) is 18.8 Å². The minimum absolute atomic E-state index is 0.560. The van der Waals surface area contributed by atoms with Crippen LogP contribution >= 0.6 is 0 Å². The molecule has 0 aromatic rings. The van der Waals surface area contributed by atoms with E-state index >= 15 is 0 Å². The molecular formula is C10H22N2O2S. The molecule has 1 aliphatic rings. The maximum Gasteiger partial charge on any atom is 0.281 e. The van der Waals surface area contributed by atoms with E-state index in [2.05, 4.69) is 6.92 Å². The van der Waals surface area contributed by atoms with E-state index in [4.69, 9.17) is 0 Å². The lowest BCUT2D eigenvalue weighted by Gasteiger charge is -2.33. The van der Waals surface area contributed by atoms with Crippen molar-refractivity contribution in [1.29, 1.82) is 0 Å². The number of piperidine rings is 1. The smallest absolute Gasteiger partial charge is 0.195 e. The first-order chi connectivity index (χ1) is 7.02. The fraction of sp³-hybridized carbons (Fsp3) is 1.00. The molecule has 0 aromatic heterocycles. The van der Waals surface area contributed by atoms with Crippen LogP contribution in [-0.4, -0.2) is 43.2 Å². The SMILES string of the molecule is CCN(CC)S(=O)(=O)N1CCC(C)CC1. The third kappa shape index (κ3) is 2.92. The van der Waals surface area contributed by atoms with Gasteiger partial charge in [0.1, 0.15) is 0 Å². The highest BCUT2D eigenvalue weighted by molar-refractivity contribution is 7.86. The number of hydrogen-bond donors (Lipinski definition) is 0. The third-order valence-corrected chi connectivity index (χ3v) is 5.29. The van der Waals surface area contributed by atoms with Gasteiger partial charge in [-0.15, -0.1) is 0 Å². The standard InChI is InChI=1S/C10H22N2O2S/c1-4-11(5-2)15(13,14)12-8-6-10(3)7-9-12/h10H,4-9H2,1-3H3. The Hall–Kier alpha value is -0.130. The molecule has 0 radical (unpaired) electrons. The normalized spacial score (nSPS) is 21.1. The van der Waals surface area contributed by atoms with E-state index in [1.54, 1.807) is 4.31 Å². The summed E-state index contributed by atoms with van der Waals surface area (Å²) in [5, 5.41) is 0. The van der Waals surface area contributed by atoms with Gasteiger partial charge in [-0.25, -0.2) is 0 Å². The molecule has 0 atom stereocenters. The summed E-state index contributed by atoms with van der Waals surface area (Å²) in [7, 11) is -3.18. The summed E-state index contributed by atoms with van der Waals surface area (Å²) < 4.78 is 27.4. The van der Waals surface area contributed by atoms with Gasteiger partial charge in [0.05, 0.1) is 0 Å². The Kier molecular flexibility index (Phi) is 4.55. The van der Waals surface area contributed by atoms with Crippen LogP contribution in [-0.2, 0) is 10.2 Å². The molecule has 1 saturated heterocycles. The Morgan fingerprint density at radius 2 is 1.67 bits per heavy atom. The first kappa shape index (κ1) is 12.9. The van der Waals surface area contributed by atoms with E-state index in [1.165, 1.54) is 4.31 Å². The topological polar surface area (TPSA) is 40.6 Å².